The molecule has 0 spiro atoms. The fourth-order valence-electron chi connectivity index (χ4n) is 1.85. The third-order valence-corrected chi connectivity index (χ3v) is 3.87. The molecule has 0 aliphatic rings. The van der Waals surface area contributed by atoms with Gasteiger partial charge in [0.2, 0.25) is 5.91 Å². The molecule has 0 aromatic heterocycles. The van der Waals surface area contributed by atoms with Crippen molar-refractivity contribution < 1.29 is 4.79 Å². The second-order valence-electron chi connectivity index (χ2n) is 4.51. The highest BCUT2D eigenvalue weighted by molar-refractivity contribution is 9.10. The summed E-state index contributed by atoms with van der Waals surface area (Å²) >= 11 is 9.41. The summed E-state index contributed by atoms with van der Waals surface area (Å²) < 4.78 is 0.783. The summed E-state index contributed by atoms with van der Waals surface area (Å²) in [6.45, 7) is 2.00. The number of hydrogen-bond donors (Lipinski definition) is 2. The Hall–Kier alpha value is -1.52. The summed E-state index contributed by atoms with van der Waals surface area (Å²) in [6, 6.07) is 12.4. The predicted molar refractivity (Wildman–Crippen MR) is 85.9 cm³/mol. The van der Waals surface area contributed by atoms with Gasteiger partial charge in [-0.25, -0.2) is 0 Å². The molecule has 5 heteroatoms. The molecule has 0 aliphatic carbocycles. The molecular formula is C15H14BrClN2O. The van der Waals surface area contributed by atoms with E-state index in [1.165, 1.54) is 0 Å². The van der Waals surface area contributed by atoms with E-state index in [9.17, 15) is 4.79 Å². The molecule has 104 valence electrons. The highest BCUT2D eigenvalue weighted by atomic mass is 79.9. The largest absolute Gasteiger partial charge is 0.370 e. The van der Waals surface area contributed by atoms with Crippen molar-refractivity contribution in [1.82, 2.24) is 0 Å². The first-order valence-electron chi connectivity index (χ1n) is 6.05. The Kier molecular flexibility index (Phi) is 4.68. The first-order valence-corrected chi connectivity index (χ1v) is 7.22. The van der Waals surface area contributed by atoms with Gasteiger partial charge in [-0.1, -0.05) is 45.2 Å². The van der Waals surface area contributed by atoms with E-state index >= 15 is 0 Å². The zero-order valence-electron chi connectivity index (χ0n) is 10.9. The van der Waals surface area contributed by atoms with Crippen molar-refractivity contribution in [3.8, 4) is 0 Å². The summed E-state index contributed by atoms with van der Waals surface area (Å²) in [5.41, 5.74) is 8.19. The molecule has 2 aromatic carbocycles. The number of nitrogens with two attached hydrogens (primary N) is 1. The lowest BCUT2D eigenvalue weighted by Gasteiger charge is -2.19. The number of carbonyl (C=O) groups is 1. The first kappa shape index (κ1) is 14.9. The molecule has 0 fully saturated rings. The Morgan fingerprint density at radius 1 is 1.25 bits per heavy atom. The van der Waals surface area contributed by atoms with Gasteiger partial charge in [0, 0.05) is 15.2 Å². The molecule has 0 aliphatic heterocycles. The number of hydrogen-bond acceptors (Lipinski definition) is 2. The normalized spacial score (nSPS) is 11.9. The van der Waals surface area contributed by atoms with Gasteiger partial charge in [-0.15, -0.1) is 0 Å². The predicted octanol–water partition coefficient (Wildman–Crippen LogP) is 4.05. The maximum atomic E-state index is 11.7. The Balaban J connectivity index is 2.34. The number of aryl methyl sites for hydroxylation is 1. The molecular weight excluding hydrogens is 340 g/mol. The molecule has 2 aromatic rings. The number of carbonyl (C=O) groups excluding carboxylic acids is 1. The molecule has 1 amide bonds. The fraction of sp³-hybridized carbons (Fsp3) is 0.133. The molecule has 0 heterocycles. The van der Waals surface area contributed by atoms with Crippen LogP contribution in [0.1, 0.15) is 17.2 Å². The van der Waals surface area contributed by atoms with E-state index in [-0.39, 0.29) is 0 Å². The third-order valence-electron chi connectivity index (χ3n) is 2.92. The number of primary amides is 1. The maximum absolute atomic E-state index is 11.7. The number of anilines is 1. The van der Waals surface area contributed by atoms with Crippen LogP contribution in [0.15, 0.2) is 46.9 Å². The van der Waals surface area contributed by atoms with Crippen molar-refractivity contribution >= 4 is 39.1 Å². The number of halogens is 2. The van der Waals surface area contributed by atoms with Crippen LogP contribution in [-0.4, -0.2) is 5.91 Å². The number of rotatable bonds is 4. The first-order chi connectivity index (χ1) is 9.47. The SMILES string of the molecule is Cc1ccc(NC(C(N)=O)c2cc(Cl)ccc2Br)cc1. The average molecular weight is 354 g/mol. The van der Waals surface area contributed by atoms with E-state index in [4.69, 9.17) is 17.3 Å². The van der Waals surface area contributed by atoms with Crippen LogP contribution in [0.4, 0.5) is 5.69 Å². The maximum Gasteiger partial charge on any atom is 0.244 e. The minimum absolute atomic E-state index is 0.464. The topological polar surface area (TPSA) is 55.1 Å². The number of nitrogens with one attached hydrogen (secondary N) is 1. The van der Waals surface area contributed by atoms with Gasteiger partial charge in [0.1, 0.15) is 6.04 Å². The van der Waals surface area contributed by atoms with E-state index in [0.29, 0.717) is 10.6 Å². The molecule has 1 unspecified atom stereocenters. The Labute approximate surface area is 131 Å². The number of benzene rings is 2. The van der Waals surface area contributed by atoms with Gasteiger partial charge in [-0.3, -0.25) is 4.79 Å². The lowest BCUT2D eigenvalue weighted by Crippen LogP contribution is -2.28. The van der Waals surface area contributed by atoms with Gasteiger partial charge in [0.05, 0.1) is 0 Å². The Morgan fingerprint density at radius 2 is 1.90 bits per heavy atom. The summed E-state index contributed by atoms with van der Waals surface area (Å²) in [5, 5.41) is 3.68. The minimum atomic E-state index is -0.647. The molecule has 0 radical (unpaired) electrons. The van der Waals surface area contributed by atoms with Crippen LogP contribution in [0.3, 0.4) is 0 Å². The summed E-state index contributed by atoms with van der Waals surface area (Å²) in [6.07, 6.45) is 0. The highest BCUT2D eigenvalue weighted by Gasteiger charge is 2.20. The van der Waals surface area contributed by atoms with Crippen LogP contribution in [0.25, 0.3) is 0 Å². The quantitative estimate of drug-likeness (QED) is 0.871. The second kappa shape index (κ2) is 6.29. The second-order valence-corrected chi connectivity index (χ2v) is 5.80. The van der Waals surface area contributed by atoms with Crippen LogP contribution >= 0.6 is 27.5 Å². The standard InChI is InChI=1S/C15H14BrClN2O/c1-9-2-5-11(6-3-9)19-14(15(18)20)12-8-10(17)4-7-13(12)16/h2-8,14,19H,1H3,(H2,18,20). The lowest BCUT2D eigenvalue weighted by molar-refractivity contribution is -0.118. The van der Waals surface area contributed by atoms with Crippen molar-refractivity contribution in [1.29, 1.82) is 0 Å². The zero-order chi connectivity index (χ0) is 14.7. The molecule has 3 nitrogen and oxygen atoms in total. The van der Waals surface area contributed by atoms with Gasteiger partial charge >= 0.3 is 0 Å². The van der Waals surface area contributed by atoms with Gasteiger partial charge in [-0.05, 0) is 42.8 Å². The summed E-state index contributed by atoms with van der Waals surface area (Å²) in [4.78, 5) is 11.7. The van der Waals surface area contributed by atoms with Crippen LogP contribution in [0.5, 0.6) is 0 Å². The van der Waals surface area contributed by atoms with Crippen molar-refractivity contribution in [2.24, 2.45) is 5.73 Å². The van der Waals surface area contributed by atoms with Crippen molar-refractivity contribution in [3.05, 3.63) is 63.1 Å². The van der Waals surface area contributed by atoms with Gasteiger partial charge in [-0.2, -0.15) is 0 Å². The van der Waals surface area contributed by atoms with Gasteiger partial charge < -0.3 is 11.1 Å². The lowest BCUT2D eigenvalue weighted by atomic mass is 10.1. The third kappa shape index (κ3) is 3.52. The van der Waals surface area contributed by atoms with Crippen LogP contribution in [0, 0.1) is 6.92 Å². The van der Waals surface area contributed by atoms with Crippen LogP contribution in [0.2, 0.25) is 5.02 Å². The highest BCUT2D eigenvalue weighted by Crippen LogP contribution is 2.29. The molecule has 3 N–H and O–H groups in total. The van der Waals surface area contributed by atoms with E-state index < -0.39 is 11.9 Å². The van der Waals surface area contributed by atoms with E-state index in [2.05, 4.69) is 21.2 Å². The molecule has 0 saturated heterocycles. The van der Waals surface area contributed by atoms with E-state index in [1.807, 2.05) is 31.2 Å². The smallest absolute Gasteiger partial charge is 0.244 e. The van der Waals surface area contributed by atoms with Gasteiger partial charge in [0.15, 0.2) is 0 Å². The molecule has 0 saturated carbocycles. The fourth-order valence-corrected chi connectivity index (χ4v) is 2.51. The van der Waals surface area contributed by atoms with E-state index in [0.717, 1.165) is 15.7 Å². The Bertz CT molecular complexity index is 628. The monoisotopic (exact) mass is 352 g/mol. The molecule has 0 bridgehead atoms. The summed E-state index contributed by atoms with van der Waals surface area (Å²) in [5.74, 6) is -0.464. The zero-order valence-corrected chi connectivity index (χ0v) is 13.2. The van der Waals surface area contributed by atoms with Crippen LogP contribution < -0.4 is 11.1 Å². The van der Waals surface area contributed by atoms with Crippen molar-refractivity contribution in [3.63, 3.8) is 0 Å². The van der Waals surface area contributed by atoms with Crippen molar-refractivity contribution in [2.75, 3.05) is 5.32 Å². The molecule has 1 atom stereocenters. The van der Waals surface area contributed by atoms with Gasteiger partial charge in [0.25, 0.3) is 0 Å². The van der Waals surface area contributed by atoms with E-state index in [1.54, 1.807) is 18.2 Å². The van der Waals surface area contributed by atoms with Crippen LogP contribution in [-0.2, 0) is 4.79 Å². The molecule has 2 rings (SSSR count). The number of amides is 1. The summed E-state index contributed by atoms with van der Waals surface area (Å²) in [7, 11) is 0. The minimum Gasteiger partial charge on any atom is -0.370 e. The average Bonchev–Trinajstić information content (AvgIpc) is 2.41. The Morgan fingerprint density at radius 3 is 2.50 bits per heavy atom. The van der Waals surface area contributed by atoms with Crippen molar-refractivity contribution in [2.45, 2.75) is 13.0 Å². The molecule has 20 heavy (non-hydrogen) atoms.